The average molecular weight is 604 g/mol. The lowest BCUT2D eigenvalue weighted by molar-refractivity contribution is -0.148. The molecule has 1 saturated heterocycles. The minimum atomic E-state index is -0.649. The van der Waals surface area contributed by atoms with Gasteiger partial charge in [-0.1, -0.05) is 24.1 Å². The average Bonchev–Trinajstić information content (AvgIpc) is 3.58. The number of amides is 1. The van der Waals surface area contributed by atoms with Gasteiger partial charge in [0.2, 0.25) is 0 Å². The molecule has 2 saturated carbocycles. The smallest absolute Gasteiger partial charge is 0.307 e. The van der Waals surface area contributed by atoms with Crippen LogP contribution >= 0.6 is 11.3 Å². The highest BCUT2D eigenvalue weighted by atomic mass is 32.1. The summed E-state index contributed by atoms with van der Waals surface area (Å²) in [4.78, 5) is 34.0. The number of anilines is 1. The van der Waals surface area contributed by atoms with E-state index in [1.54, 1.807) is 23.3 Å². The molecule has 43 heavy (non-hydrogen) atoms. The summed E-state index contributed by atoms with van der Waals surface area (Å²) < 4.78 is 6.37. The molecule has 3 atom stereocenters. The second-order valence-corrected chi connectivity index (χ2v) is 13.8. The molecule has 3 aliphatic rings. The van der Waals surface area contributed by atoms with Gasteiger partial charge in [0, 0.05) is 48.6 Å². The summed E-state index contributed by atoms with van der Waals surface area (Å²) in [5.74, 6) is 0.183. The minimum Gasteiger partial charge on any atom is -0.488 e. The Balaban J connectivity index is 1.15. The summed E-state index contributed by atoms with van der Waals surface area (Å²) in [6.07, 6.45) is 4.97. The number of piperidine rings is 1. The molecule has 3 aromatic rings. The lowest BCUT2D eigenvalue weighted by atomic mass is 9.69. The van der Waals surface area contributed by atoms with E-state index in [4.69, 9.17) is 9.72 Å². The summed E-state index contributed by atoms with van der Waals surface area (Å²) in [6.45, 7) is 6.60. The maximum atomic E-state index is 13.0. The Morgan fingerprint density at radius 3 is 2.51 bits per heavy atom. The van der Waals surface area contributed by atoms with Crippen LogP contribution in [-0.2, 0) is 11.4 Å². The van der Waals surface area contributed by atoms with Crippen molar-refractivity contribution in [3.05, 3.63) is 64.0 Å². The Kier molecular flexibility index (Phi) is 8.22. The minimum absolute atomic E-state index is 0.0359. The van der Waals surface area contributed by atoms with Gasteiger partial charge in [0.15, 0.2) is 5.13 Å². The number of carboxylic acid groups (broad SMARTS) is 1. The number of aliphatic carboxylic acids is 1. The monoisotopic (exact) mass is 603 g/mol. The van der Waals surface area contributed by atoms with E-state index >= 15 is 0 Å². The maximum absolute atomic E-state index is 13.0. The lowest BCUT2D eigenvalue weighted by Gasteiger charge is -2.45. The number of rotatable bonds is 10. The zero-order valence-corrected chi connectivity index (χ0v) is 26.0. The van der Waals surface area contributed by atoms with Gasteiger partial charge < -0.3 is 24.7 Å². The Bertz CT molecular complexity index is 1500. The number of fused-ring (bicyclic) bond motifs is 2. The molecule has 1 amide bonds. The maximum Gasteiger partial charge on any atom is 0.307 e. The molecule has 1 unspecified atom stereocenters. The van der Waals surface area contributed by atoms with Crippen molar-refractivity contribution in [3.63, 3.8) is 0 Å². The van der Waals surface area contributed by atoms with Crippen molar-refractivity contribution in [2.24, 2.45) is 23.2 Å². The molecule has 0 spiro atoms. The molecule has 8 nitrogen and oxygen atoms in total. The van der Waals surface area contributed by atoms with E-state index in [-0.39, 0.29) is 35.7 Å². The van der Waals surface area contributed by atoms with Crippen LogP contribution in [0.5, 0.6) is 5.75 Å². The lowest BCUT2D eigenvalue weighted by Crippen LogP contribution is -2.51. The van der Waals surface area contributed by atoms with E-state index in [2.05, 4.69) is 23.3 Å². The van der Waals surface area contributed by atoms with Gasteiger partial charge in [0.1, 0.15) is 12.4 Å². The number of hydrogen-bond donors (Lipinski definition) is 2. The van der Waals surface area contributed by atoms with Gasteiger partial charge >= 0.3 is 5.97 Å². The number of ether oxygens (including phenoxy) is 1. The Morgan fingerprint density at radius 1 is 1.12 bits per heavy atom. The van der Waals surface area contributed by atoms with Crippen LogP contribution in [0.1, 0.15) is 59.2 Å². The fourth-order valence-corrected chi connectivity index (χ4v) is 7.83. The van der Waals surface area contributed by atoms with Crippen LogP contribution in [0.3, 0.4) is 0 Å². The summed E-state index contributed by atoms with van der Waals surface area (Å²) in [5.41, 5.74) is 5.43. The topological polar surface area (TPSA) is 103 Å². The third-order valence-corrected chi connectivity index (χ3v) is 10.6. The van der Waals surface area contributed by atoms with Crippen molar-refractivity contribution in [3.8, 4) is 17.0 Å². The van der Waals surface area contributed by atoms with Crippen LogP contribution in [0, 0.1) is 37.0 Å². The highest BCUT2D eigenvalue weighted by molar-refractivity contribution is 7.14. The molecule has 3 fully saturated rings. The summed E-state index contributed by atoms with van der Waals surface area (Å²) in [6, 6.07) is 11.9. The van der Waals surface area contributed by atoms with E-state index in [9.17, 15) is 19.8 Å². The number of nitrogens with zero attached hydrogens (tertiary/aromatic N) is 3. The van der Waals surface area contributed by atoms with Gasteiger partial charge in [-0.25, -0.2) is 4.98 Å². The van der Waals surface area contributed by atoms with Crippen LogP contribution in [-0.4, -0.2) is 65.3 Å². The van der Waals surface area contributed by atoms with Crippen molar-refractivity contribution in [2.75, 3.05) is 38.2 Å². The number of aliphatic hydroxyl groups is 1. The first-order valence-electron chi connectivity index (χ1n) is 15.3. The standard InChI is InChI=1S/C34H41N3O5S/c1-21-7-10-29(42-17-26-9-8-23(14-22(26)2)31(39)36(3)19-34(20-38)11-12-34)27(13-21)28-18-43-33(35-28)37-15-24-5-4-6-25(16-37)30(24)32(40)41/h7-10,13-14,18,24-25,30,38H,4-6,11-12,15-17,19-20H2,1-3H3,(H,40,41)/t24-,25+,30?. The van der Waals surface area contributed by atoms with E-state index in [0.29, 0.717) is 18.7 Å². The van der Waals surface area contributed by atoms with Gasteiger partial charge in [-0.2, -0.15) is 0 Å². The number of aromatic nitrogens is 1. The van der Waals surface area contributed by atoms with Gasteiger partial charge in [-0.3, -0.25) is 9.59 Å². The van der Waals surface area contributed by atoms with Crippen LogP contribution in [0.15, 0.2) is 41.8 Å². The molecule has 228 valence electrons. The molecule has 2 aromatic carbocycles. The Morgan fingerprint density at radius 2 is 1.86 bits per heavy atom. The van der Waals surface area contributed by atoms with Crippen LogP contribution in [0.4, 0.5) is 5.13 Å². The van der Waals surface area contributed by atoms with Crippen molar-refractivity contribution in [2.45, 2.75) is 52.6 Å². The first-order chi connectivity index (χ1) is 20.7. The largest absolute Gasteiger partial charge is 0.488 e. The third-order valence-electron chi connectivity index (χ3n) is 9.72. The fraction of sp³-hybridized carbons (Fsp3) is 0.500. The summed E-state index contributed by atoms with van der Waals surface area (Å²) in [5, 5.41) is 22.4. The van der Waals surface area contributed by atoms with E-state index in [1.807, 2.05) is 37.3 Å². The quantitative estimate of drug-likeness (QED) is 0.303. The molecule has 1 aliphatic heterocycles. The predicted octanol–water partition coefficient (Wildman–Crippen LogP) is 5.79. The van der Waals surface area contributed by atoms with Gasteiger partial charge in [-0.05, 0) is 86.8 Å². The highest BCUT2D eigenvalue weighted by Gasteiger charge is 2.44. The second-order valence-electron chi connectivity index (χ2n) is 13.0. The summed E-state index contributed by atoms with van der Waals surface area (Å²) in [7, 11) is 1.80. The SMILES string of the molecule is Cc1ccc(OCc2ccc(C(=O)N(C)CC3(CO)CC3)cc2C)c(-c2csc(N3C[C@H]4CCC[C@@H](C3)C4C(=O)O)n2)c1. The molecule has 6 rings (SSSR count). The third kappa shape index (κ3) is 6.15. The molecule has 2 bridgehead atoms. The summed E-state index contributed by atoms with van der Waals surface area (Å²) >= 11 is 1.61. The molecule has 2 N–H and O–H groups in total. The highest BCUT2D eigenvalue weighted by Crippen LogP contribution is 2.46. The number of aliphatic hydroxyl groups excluding tert-OH is 1. The molecule has 1 aromatic heterocycles. The van der Waals surface area contributed by atoms with Crippen LogP contribution in [0.2, 0.25) is 0 Å². The number of thiazole rings is 1. The first-order valence-corrected chi connectivity index (χ1v) is 16.2. The molecule has 2 heterocycles. The number of carboxylic acids is 1. The van der Waals surface area contributed by atoms with Crippen molar-refractivity contribution in [1.82, 2.24) is 9.88 Å². The van der Waals surface area contributed by atoms with Gasteiger partial charge in [0.25, 0.3) is 5.91 Å². The van der Waals surface area contributed by atoms with Crippen LogP contribution < -0.4 is 9.64 Å². The van der Waals surface area contributed by atoms with E-state index in [1.165, 1.54) is 0 Å². The van der Waals surface area contributed by atoms with E-state index < -0.39 is 5.97 Å². The van der Waals surface area contributed by atoms with Crippen molar-refractivity contribution in [1.29, 1.82) is 0 Å². The Hall–Kier alpha value is -3.43. The molecule has 9 heteroatoms. The zero-order valence-electron chi connectivity index (χ0n) is 25.2. The first kappa shape index (κ1) is 29.6. The van der Waals surface area contributed by atoms with Crippen molar-refractivity contribution >= 4 is 28.3 Å². The number of hydrogen-bond acceptors (Lipinski definition) is 7. The van der Waals surface area contributed by atoms with Gasteiger partial charge in [-0.15, -0.1) is 11.3 Å². The molecule has 0 radical (unpaired) electrons. The number of benzene rings is 2. The fourth-order valence-electron chi connectivity index (χ4n) is 6.98. The molecular weight excluding hydrogens is 562 g/mol. The number of aryl methyl sites for hydroxylation is 2. The van der Waals surface area contributed by atoms with Crippen LogP contribution in [0.25, 0.3) is 11.3 Å². The van der Waals surface area contributed by atoms with E-state index in [0.717, 1.165) is 84.0 Å². The molecule has 2 aliphatic carbocycles. The number of carbonyl (C=O) groups is 2. The molecular formula is C34H41N3O5S. The predicted molar refractivity (Wildman–Crippen MR) is 168 cm³/mol. The second kappa shape index (κ2) is 11.9. The number of carbonyl (C=O) groups excluding carboxylic acids is 1. The normalized spacial score (nSPS) is 22.2. The van der Waals surface area contributed by atoms with Gasteiger partial charge in [0.05, 0.1) is 18.2 Å². The zero-order chi connectivity index (χ0) is 30.3. The van der Waals surface area contributed by atoms with Crippen molar-refractivity contribution < 1.29 is 24.5 Å². The Labute approximate surface area is 257 Å².